The van der Waals surface area contributed by atoms with E-state index in [0.29, 0.717) is 5.25 Å². The van der Waals surface area contributed by atoms with E-state index in [4.69, 9.17) is 5.73 Å². The van der Waals surface area contributed by atoms with Crippen LogP contribution in [0.2, 0.25) is 0 Å². The molecule has 2 rings (SSSR count). The highest BCUT2D eigenvalue weighted by Gasteiger charge is 2.36. The molecule has 6 unspecified atom stereocenters. The molecule has 19 heavy (non-hydrogen) atoms. The van der Waals surface area contributed by atoms with Gasteiger partial charge in [0.2, 0.25) is 0 Å². The van der Waals surface area contributed by atoms with E-state index in [1.54, 1.807) is 0 Å². The second-order valence-electron chi connectivity index (χ2n) is 6.89. The molecule has 112 valence electrons. The van der Waals surface area contributed by atoms with Crippen molar-refractivity contribution < 1.29 is 4.21 Å². The molecule has 0 amide bonds. The molecule has 0 saturated heterocycles. The molecule has 0 aliphatic heterocycles. The third-order valence-corrected chi connectivity index (χ3v) is 7.39. The fourth-order valence-corrected chi connectivity index (χ4v) is 6.36. The first-order chi connectivity index (χ1) is 9.11. The lowest BCUT2D eigenvalue weighted by Crippen LogP contribution is -2.46. The first kappa shape index (κ1) is 15.5. The third-order valence-electron chi connectivity index (χ3n) is 5.16. The summed E-state index contributed by atoms with van der Waals surface area (Å²) in [6.45, 7) is 4.56. The Hall–Kier alpha value is 0.110. The summed E-state index contributed by atoms with van der Waals surface area (Å²) < 4.78 is 12.9. The van der Waals surface area contributed by atoms with Crippen molar-refractivity contribution >= 4 is 10.8 Å². The summed E-state index contributed by atoms with van der Waals surface area (Å²) >= 11 is 0. The van der Waals surface area contributed by atoms with Crippen molar-refractivity contribution in [2.24, 2.45) is 17.6 Å². The summed E-state index contributed by atoms with van der Waals surface area (Å²) in [4.78, 5) is 0. The maximum atomic E-state index is 12.9. The Bertz CT molecular complexity index is 307. The molecule has 2 aliphatic carbocycles. The van der Waals surface area contributed by atoms with E-state index in [1.165, 1.54) is 38.5 Å². The highest BCUT2D eigenvalue weighted by molar-refractivity contribution is 7.86. The van der Waals surface area contributed by atoms with Crippen LogP contribution in [0.1, 0.15) is 71.6 Å². The van der Waals surface area contributed by atoms with E-state index in [2.05, 4.69) is 13.8 Å². The smallest absolute Gasteiger partial charge is 0.0504 e. The van der Waals surface area contributed by atoms with E-state index >= 15 is 0 Å². The molecule has 0 radical (unpaired) electrons. The van der Waals surface area contributed by atoms with Crippen LogP contribution in [0.4, 0.5) is 0 Å². The van der Waals surface area contributed by atoms with Crippen molar-refractivity contribution in [1.29, 1.82) is 0 Å². The summed E-state index contributed by atoms with van der Waals surface area (Å²) in [7, 11) is -0.693. The summed E-state index contributed by atoms with van der Waals surface area (Å²) in [6.07, 6.45) is 10.9. The Morgan fingerprint density at radius 1 is 1.16 bits per heavy atom. The average Bonchev–Trinajstić information content (AvgIpc) is 2.40. The van der Waals surface area contributed by atoms with Gasteiger partial charge in [0.15, 0.2) is 0 Å². The minimum Gasteiger partial charge on any atom is -0.327 e. The normalized spacial score (nSPS) is 41.9. The molecule has 6 atom stereocenters. The molecule has 2 saturated carbocycles. The van der Waals surface area contributed by atoms with Gasteiger partial charge in [0.1, 0.15) is 0 Å². The zero-order chi connectivity index (χ0) is 13.8. The van der Waals surface area contributed by atoms with E-state index in [1.807, 2.05) is 0 Å². The third kappa shape index (κ3) is 4.04. The molecular formula is C16H31NOS. The monoisotopic (exact) mass is 285 g/mol. The van der Waals surface area contributed by atoms with E-state index < -0.39 is 10.8 Å². The van der Waals surface area contributed by atoms with Gasteiger partial charge >= 0.3 is 0 Å². The summed E-state index contributed by atoms with van der Waals surface area (Å²) in [5.74, 6) is 1.54. The van der Waals surface area contributed by atoms with Gasteiger partial charge in [0, 0.05) is 22.1 Å². The van der Waals surface area contributed by atoms with Gasteiger partial charge in [-0.2, -0.15) is 0 Å². The predicted molar refractivity (Wildman–Crippen MR) is 83.6 cm³/mol. The van der Waals surface area contributed by atoms with Crippen LogP contribution >= 0.6 is 0 Å². The Labute approximate surface area is 121 Å². The van der Waals surface area contributed by atoms with Gasteiger partial charge in [-0.05, 0) is 43.9 Å². The van der Waals surface area contributed by atoms with Gasteiger partial charge in [-0.15, -0.1) is 0 Å². The van der Waals surface area contributed by atoms with Crippen LogP contribution < -0.4 is 5.73 Å². The van der Waals surface area contributed by atoms with Crippen molar-refractivity contribution in [3.8, 4) is 0 Å². The molecule has 3 heteroatoms. The topological polar surface area (TPSA) is 43.1 Å². The Morgan fingerprint density at radius 2 is 1.95 bits per heavy atom. The average molecular weight is 285 g/mol. The van der Waals surface area contributed by atoms with Gasteiger partial charge in [0.25, 0.3) is 0 Å². The Morgan fingerprint density at radius 3 is 2.63 bits per heavy atom. The quantitative estimate of drug-likeness (QED) is 0.857. The lowest BCUT2D eigenvalue weighted by atomic mass is 9.83. The number of nitrogens with two attached hydrogens (primary N) is 1. The number of hydrogen-bond acceptors (Lipinski definition) is 2. The summed E-state index contributed by atoms with van der Waals surface area (Å²) in [5.41, 5.74) is 6.29. The van der Waals surface area contributed by atoms with Crippen molar-refractivity contribution in [1.82, 2.24) is 0 Å². The van der Waals surface area contributed by atoms with Crippen LogP contribution in [0.5, 0.6) is 0 Å². The highest BCUT2D eigenvalue weighted by atomic mass is 32.2. The predicted octanol–water partition coefficient (Wildman–Crippen LogP) is 3.61. The summed E-state index contributed by atoms with van der Waals surface area (Å²) in [6, 6.07) is 0.186. The van der Waals surface area contributed by atoms with Gasteiger partial charge in [-0.25, -0.2) is 0 Å². The zero-order valence-corrected chi connectivity index (χ0v) is 13.5. The number of hydrogen-bond donors (Lipinski definition) is 1. The molecule has 2 N–H and O–H groups in total. The molecule has 0 aromatic carbocycles. The van der Waals surface area contributed by atoms with E-state index in [0.717, 1.165) is 31.1 Å². The minimum atomic E-state index is -0.693. The van der Waals surface area contributed by atoms with E-state index in [-0.39, 0.29) is 11.3 Å². The molecule has 0 spiro atoms. The van der Waals surface area contributed by atoms with Crippen LogP contribution in [0.25, 0.3) is 0 Å². The van der Waals surface area contributed by atoms with Crippen LogP contribution in [-0.2, 0) is 10.8 Å². The van der Waals surface area contributed by atoms with Crippen LogP contribution in [0, 0.1) is 11.8 Å². The van der Waals surface area contributed by atoms with Gasteiger partial charge < -0.3 is 5.73 Å². The van der Waals surface area contributed by atoms with Gasteiger partial charge in [-0.1, -0.05) is 39.5 Å². The van der Waals surface area contributed by atoms with Gasteiger partial charge in [0.05, 0.1) is 5.25 Å². The lowest BCUT2D eigenvalue weighted by Gasteiger charge is -2.37. The molecule has 0 bridgehead atoms. The first-order valence-electron chi connectivity index (χ1n) is 8.26. The molecule has 0 heterocycles. The maximum Gasteiger partial charge on any atom is 0.0504 e. The fraction of sp³-hybridized carbons (Fsp3) is 1.00. The summed E-state index contributed by atoms with van der Waals surface area (Å²) in [5, 5.41) is 0.709. The van der Waals surface area contributed by atoms with Crippen molar-refractivity contribution in [2.45, 2.75) is 88.2 Å². The van der Waals surface area contributed by atoms with Crippen molar-refractivity contribution in [3.63, 3.8) is 0 Å². The largest absolute Gasteiger partial charge is 0.327 e. The second kappa shape index (κ2) is 7.21. The molecule has 0 aromatic heterocycles. The standard InChI is InChI=1S/C16H31NOS/c1-3-5-13-8-9-15(17)16(11-13)19(18)14-7-4-6-12(2)10-14/h12-16H,3-11,17H2,1-2H3. The zero-order valence-electron chi connectivity index (χ0n) is 12.6. The number of rotatable bonds is 4. The van der Waals surface area contributed by atoms with Crippen molar-refractivity contribution in [3.05, 3.63) is 0 Å². The van der Waals surface area contributed by atoms with Crippen LogP contribution in [-0.4, -0.2) is 20.8 Å². The fourth-order valence-electron chi connectivity index (χ4n) is 4.01. The first-order valence-corrected chi connectivity index (χ1v) is 9.54. The molecule has 0 aromatic rings. The van der Waals surface area contributed by atoms with Crippen LogP contribution in [0.3, 0.4) is 0 Å². The molecule has 2 nitrogen and oxygen atoms in total. The Balaban J connectivity index is 1.95. The van der Waals surface area contributed by atoms with Gasteiger partial charge in [-0.3, -0.25) is 4.21 Å². The highest BCUT2D eigenvalue weighted by Crippen LogP contribution is 2.35. The van der Waals surface area contributed by atoms with E-state index in [9.17, 15) is 4.21 Å². The molecular weight excluding hydrogens is 254 g/mol. The lowest BCUT2D eigenvalue weighted by molar-refractivity contribution is 0.310. The SMILES string of the molecule is CCCC1CCC(N)C(S(=O)C2CCCC(C)C2)C1. The Kier molecular flexibility index (Phi) is 5.88. The van der Waals surface area contributed by atoms with Crippen molar-refractivity contribution in [2.75, 3.05) is 0 Å². The minimum absolute atomic E-state index is 0.186. The van der Waals surface area contributed by atoms with Crippen LogP contribution in [0.15, 0.2) is 0 Å². The second-order valence-corrected chi connectivity index (χ2v) is 8.82. The maximum absolute atomic E-state index is 12.9. The molecule has 2 fully saturated rings. The molecule has 2 aliphatic rings.